The number of nitrogens with zero attached hydrogens (tertiary/aromatic N) is 3. The molecule has 1 atom stereocenters. The van der Waals surface area contributed by atoms with Crippen LogP contribution >= 0.6 is 0 Å². The van der Waals surface area contributed by atoms with Gasteiger partial charge in [-0.25, -0.2) is 9.97 Å². The van der Waals surface area contributed by atoms with E-state index in [1.54, 1.807) is 6.20 Å². The third kappa shape index (κ3) is 3.77. The highest BCUT2D eigenvalue weighted by Gasteiger charge is 2.08. The van der Waals surface area contributed by atoms with Crippen LogP contribution in [0, 0.1) is 6.92 Å². The van der Waals surface area contributed by atoms with Crippen LogP contribution in [0.2, 0.25) is 0 Å². The summed E-state index contributed by atoms with van der Waals surface area (Å²) in [6, 6.07) is 14.8. The molecule has 0 aliphatic heterocycles. The van der Waals surface area contributed by atoms with Gasteiger partial charge in [-0.05, 0) is 43.0 Å². The second-order valence-corrected chi connectivity index (χ2v) is 5.88. The zero-order chi connectivity index (χ0) is 16.9. The molecule has 1 aromatic carbocycles. The van der Waals surface area contributed by atoms with Gasteiger partial charge in [0.1, 0.15) is 11.6 Å². The van der Waals surface area contributed by atoms with Crippen molar-refractivity contribution >= 4 is 5.82 Å². The van der Waals surface area contributed by atoms with Gasteiger partial charge in [0.15, 0.2) is 0 Å². The Bertz CT molecular complexity index is 798. The van der Waals surface area contributed by atoms with Crippen molar-refractivity contribution in [3.8, 4) is 11.1 Å². The lowest BCUT2D eigenvalue weighted by molar-refractivity contribution is 0.858. The first-order valence-electron chi connectivity index (χ1n) is 8.27. The maximum atomic E-state index is 4.48. The summed E-state index contributed by atoms with van der Waals surface area (Å²) >= 11 is 0. The predicted molar refractivity (Wildman–Crippen MR) is 97.9 cm³/mol. The van der Waals surface area contributed by atoms with Gasteiger partial charge in [0.05, 0.1) is 0 Å². The van der Waals surface area contributed by atoms with Crippen LogP contribution in [0.4, 0.5) is 5.82 Å². The minimum absolute atomic E-state index is 0.173. The van der Waals surface area contributed by atoms with Gasteiger partial charge in [0, 0.05) is 30.2 Å². The molecule has 24 heavy (non-hydrogen) atoms. The summed E-state index contributed by atoms with van der Waals surface area (Å²) in [6.45, 7) is 6.17. The summed E-state index contributed by atoms with van der Waals surface area (Å²) in [4.78, 5) is 13.1. The number of rotatable bonds is 5. The van der Waals surface area contributed by atoms with E-state index < -0.39 is 0 Å². The highest BCUT2D eigenvalue weighted by Crippen LogP contribution is 2.23. The van der Waals surface area contributed by atoms with Gasteiger partial charge in [0.2, 0.25) is 0 Å². The molecule has 0 spiro atoms. The van der Waals surface area contributed by atoms with E-state index in [1.165, 1.54) is 11.1 Å². The largest absolute Gasteiger partial charge is 0.363 e. The van der Waals surface area contributed by atoms with Crippen LogP contribution in [-0.4, -0.2) is 15.0 Å². The lowest BCUT2D eigenvalue weighted by Gasteiger charge is -2.16. The van der Waals surface area contributed by atoms with Crippen molar-refractivity contribution < 1.29 is 0 Å². The third-order valence-corrected chi connectivity index (χ3v) is 4.02. The van der Waals surface area contributed by atoms with Crippen molar-refractivity contribution in [3.05, 3.63) is 71.9 Å². The molecule has 0 saturated carbocycles. The van der Waals surface area contributed by atoms with Gasteiger partial charge in [-0.1, -0.05) is 37.3 Å². The lowest BCUT2D eigenvalue weighted by Crippen LogP contribution is -2.09. The molecular formula is C20H22N4. The van der Waals surface area contributed by atoms with Gasteiger partial charge in [-0.15, -0.1) is 0 Å². The second-order valence-electron chi connectivity index (χ2n) is 5.88. The molecule has 122 valence electrons. The standard InChI is InChI=1S/C20H22N4/c1-4-19-12-20(24-15(3)23-19)22-14(2)16-7-9-17(10-8-16)18-6-5-11-21-13-18/h5-14H,4H2,1-3H3,(H,22,23,24). The van der Waals surface area contributed by atoms with Crippen molar-refractivity contribution in [2.45, 2.75) is 33.2 Å². The third-order valence-electron chi connectivity index (χ3n) is 4.02. The van der Waals surface area contributed by atoms with Crippen LogP contribution < -0.4 is 5.32 Å². The summed E-state index contributed by atoms with van der Waals surface area (Å²) in [5.41, 5.74) is 4.58. The monoisotopic (exact) mass is 318 g/mol. The molecule has 1 unspecified atom stereocenters. The highest BCUT2D eigenvalue weighted by atomic mass is 15.0. The second kappa shape index (κ2) is 7.21. The molecule has 0 amide bonds. The Labute approximate surface area is 143 Å². The van der Waals surface area contributed by atoms with Crippen LogP contribution in [0.3, 0.4) is 0 Å². The molecule has 3 rings (SSSR count). The van der Waals surface area contributed by atoms with Crippen molar-refractivity contribution in [2.75, 3.05) is 5.32 Å². The van der Waals surface area contributed by atoms with Gasteiger partial charge in [-0.2, -0.15) is 0 Å². The minimum atomic E-state index is 0.173. The van der Waals surface area contributed by atoms with Crippen LogP contribution in [0.15, 0.2) is 54.9 Å². The summed E-state index contributed by atoms with van der Waals surface area (Å²) in [6.07, 6.45) is 4.58. The molecule has 4 nitrogen and oxygen atoms in total. The van der Waals surface area contributed by atoms with E-state index in [9.17, 15) is 0 Å². The maximum Gasteiger partial charge on any atom is 0.130 e. The van der Waals surface area contributed by atoms with Gasteiger partial charge in [0.25, 0.3) is 0 Å². The minimum Gasteiger partial charge on any atom is -0.363 e. The maximum absolute atomic E-state index is 4.48. The quantitative estimate of drug-likeness (QED) is 0.748. The highest BCUT2D eigenvalue weighted by molar-refractivity contribution is 5.62. The van der Waals surface area contributed by atoms with E-state index >= 15 is 0 Å². The average Bonchev–Trinajstić information content (AvgIpc) is 2.62. The molecule has 4 heteroatoms. The topological polar surface area (TPSA) is 50.7 Å². The molecule has 2 heterocycles. The Morgan fingerprint density at radius 1 is 1.04 bits per heavy atom. The Kier molecular flexibility index (Phi) is 4.85. The Balaban J connectivity index is 1.76. The van der Waals surface area contributed by atoms with Crippen molar-refractivity contribution in [3.63, 3.8) is 0 Å². The van der Waals surface area contributed by atoms with Gasteiger partial charge < -0.3 is 5.32 Å². The number of pyridine rings is 1. The van der Waals surface area contributed by atoms with Crippen LogP contribution in [-0.2, 0) is 6.42 Å². The predicted octanol–water partition coefficient (Wildman–Crippen LogP) is 4.58. The summed E-state index contributed by atoms with van der Waals surface area (Å²) in [5.74, 6) is 1.68. The van der Waals surface area contributed by atoms with E-state index in [2.05, 4.69) is 64.4 Å². The molecule has 0 bridgehead atoms. The van der Waals surface area contributed by atoms with Crippen molar-refractivity contribution in [1.29, 1.82) is 0 Å². The first-order valence-corrected chi connectivity index (χ1v) is 8.27. The fourth-order valence-electron chi connectivity index (χ4n) is 2.69. The van der Waals surface area contributed by atoms with Gasteiger partial charge >= 0.3 is 0 Å². The molecule has 0 aliphatic carbocycles. The zero-order valence-electron chi connectivity index (χ0n) is 14.3. The number of anilines is 1. The van der Waals surface area contributed by atoms with Crippen molar-refractivity contribution in [2.24, 2.45) is 0 Å². The van der Waals surface area contributed by atoms with Crippen molar-refractivity contribution in [1.82, 2.24) is 15.0 Å². The molecule has 1 N–H and O–H groups in total. The first-order chi connectivity index (χ1) is 11.7. The van der Waals surface area contributed by atoms with E-state index in [0.717, 1.165) is 29.3 Å². The SMILES string of the molecule is CCc1cc(NC(C)c2ccc(-c3cccnc3)cc2)nc(C)n1. The number of hydrogen-bond acceptors (Lipinski definition) is 4. The Morgan fingerprint density at radius 2 is 1.83 bits per heavy atom. The molecule has 3 aromatic rings. The average molecular weight is 318 g/mol. The van der Waals surface area contributed by atoms with E-state index in [4.69, 9.17) is 0 Å². The fraction of sp³-hybridized carbons (Fsp3) is 0.250. The fourth-order valence-corrected chi connectivity index (χ4v) is 2.69. The summed E-state index contributed by atoms with van der Waals surface area (Å²) in [5, 5.41) is 3.47. The summed E-state index contributed by atoms with van der Waals surface area (Å²) in [7, 11) is 0. The number of aryl methyl sites for hydroxylation is 2. The number of hydrogen-bond donors (Lipinski definition) is 1. The van der Waals surface area contributed by atoms with E-state index in [0.29, 0.717) is 0 Å². The van der Waals surface area contributed by atoms with Gasteiger partial charge in [-0.3, -0.25) is 4.98 Å². The number of aromatic nitrogens is 3. The van der Waals surface area contributed by atoms with Crippen LogP contribution in [0.5, 0.6) is 0 Å². The smallest absolute Gasteiger partial charge is 0.130 e. The molecular weight excluding hydrogens is 296 g/mol. The zero-order valence-corrected chi connectivity index (χ0v) is 14.3. The molecule has 0 saturated heterocycles. The normalized spacial score (nSPS) is 12.0. The van der Waals surface area contributed by atoms with E-state index in [-0.39, 0.29) is 6.04 Å². The Hall–Kier alpha value is -2.75. The number of benzene rings is 1. The Morgan fingerprint density at radius 3 is 2.50 bits per heavy atom. The van der Waals surface area contributed by atoms with Crippen LogP contribution in [0.1, 0.15) is 37.0 Å². The molecule has 2 aromatic heterocycles. The van der Waals surface area contributed by atoms with E-state index in [1.807, 2.05) is 25.3 Å². The molecule has 0 fully saturated rings. The lowest BCUT2D eigenvalue weighted by atomic mass is 10.0. The van der Waals surface area contributed by atoms with Crippen LogP contribution in [0.25, 0.3) is 11.1 Å². The first kappa shape index (κ1) is 16.1. The molecule has 0 radical (unpaired) electrons. The number of nitrogens with one attached hydrogen (secondary N) is 1. The summed E-state index contributed by atoms with van der Waals surface area (Å²) < 4.78 is 0. The molecule has 0 aliphatic rings.